The summed E-state index contributed by atoms with van der Waals surface area (Å²) in [5.41, 5.74) is 1.30. The molecule has 0 saturated carbocycles. The normalized spacial score (nSPS) is 10.3. The third-order valence-corrected chi connectivity index (χ3v) is 3.48. The fourth-order valence-electron chi connectivity index (χ4n) is 1.46. The van der Waals surface area contributed by atoms with Gasteiger partial charge in [-0.25, -0.2) is 4.98 Å². The number of hydrogen-bond acceptors (Lipinski definition) is 5. The van der Waals surface area contributed by atoms with Crippen LogP contribution in [0.4, 0.5) is 5.95 Å². The Kier molecular flexibility index (Phi) is 4.52. The first-order valence-corrected chi connectivity index (χ1v) is 6.90. The van der Waals surface area contributed by atoms with Crippen LogP contribution in [-0.4, -0.2) is 16.6 Å². The van der Waals surface area contributed by atoms with Crippen LogP contribution in [0.5, 0.6) is 5.88 Å². The first-order valence-electron chi connectivity index (χ1n) is 6.02. The number of rotatable bonds is 6. The van der Waals surface area contributed by atoms with Crippen LogP contribution < -0.4 is 10.1 Å². The van der Waals surface area contributed by atoms with Crippen LogP contribution in [0.25, 0.3) is 0 Å². The molecule has 0 aliphatic rings. The van der Waals surface area contributed by atoms with Crippen molar-refractivity contribution in [3.63, 3.8) is 0 Å². The third kappa shape index (κ3) is 3.43. The van der Waals surface area contributed by atoms with E-state index in [0.717, 1.165) is 13.0 Å². The summed E-state index contributed by atoms with van der Waals surface area (Å²) in [6.07, 6.45) is 2.68. The van der Waals surface area contributed by atoms with Crippen LogP contribution in [-0.2, 0) is 6.54 Å². The first-order chi connectivity index (χ1) is 8.79. The van der Waals surface area contributed by atoms with E-state index in [4.69, 9.17) is 4.74 Å². The molecular formula is C13H17N3OS. The second-order valence-corrected chi connectivity index (χ2v) is 4.95. The third-order valence-electron chi connectivity index (χ3n) is 2.46. The molecule has 1 N–H and O–H groups in total. The summed E-state index contributed by atoms with van der Waals surface area (Å²) in [5, 5.41) is 5.30. The standard InChI is InChI=1S/C13H17N3OS/c1-3-7-17-12-4-6-14-13(16-12)15-9-11-10(2)5-8-18-11/h4-6,8H,3,7,9H2,1-2H3,(H,14,15,16). The average Bonchev–Trinajstić information content (AvgIpc) is 2.80. The van der Waals surface area contributed by atoms with E-state index in [9.17, 15) is 0 Å². The predicted octanol–water partition coefficient (Wildman–Crippen LogP) is 3.25. The van der Waals surface area contributed by atoms with Crippen LogP contribution >= 0.6 is 11.3 Å². The highest BCUT2D eigenvalue weighted by atomic mass is 32.1. The molecule has 0 bridgehead atoms. The smallest absolute Gasteiger partial charge is 0.226 e. The molecule has 0 amide bonds. The molecule has 0 unspecified atom stereocenters. The molecular weight excluding hydrogens is 246 g/mol. The lowest BCUT2D eigenvalue weighted by molar-refractivity contribution is 0.305. The van der Waals surface area contributed by atoms with E-state index in [-0.39, 0.29) is 0 Å². The molecule has 0 fully saturated rings. The molecule has 2 rings (SSSR count). The van der Waals surface area contributed by atoms with Gasteiger partial charge in [-0.3, -0.25) is 0 Å². The number of thiophene rings is 1. The molecule has 0 aliphatic carbocycles. The maximum absolute atomic E-state index is 5.47. The fourth-order valence-corrected chi connectivity index (χ4v) is 2.30. The number of ether oxygens (including phenoxy) is 1. The molecule has 0 radical (unpaired) electrons. The summed E-state index contributed by atoms with van der Waals surface area (Å²) in [6, 6.07) is 3.89. The van der Waals surface area contributed by atoms with E-state index in [1.54, 1.807) is 23.6 Å². The van der Waals surface area contributed by atoms with Gasteiger partial charge in [0.1, 0.15) is 0 Å². The predicted molar refractivity (Wildman–Crippen MR) is 74.2 cm³/mol. The first kappa shape index (κ1) is 12.8. The van der Waals surface area contributed by atoms with Crippen molar-refractivity contribution in [1.82, 2.24) is 9.97 Å². The molecule has 0 aliphatic heterocycles. The summed E-state index contributed by atoms with van der Waals surface area (Å²) in [7, 11) is 0. The lowest BCUT2D eigenvalue weighted by atomic mass is 10.3. The zero-order chi connectivity index (χ0) is 12.8. The Morgan fingerprint density at radius 1 is 1.39 bits per heavy atom. The molecule has 2 aromatic rings. The van der Waals surface area contributed by atoms with Gasteiger partial charge in [0.2, 0.25) is 11.8 Å². The minimum absolute atomic E-state index is 0.608. The van der Waals surface area contributed by atoms with E-state index in [2.05, 4.69) is 40.6 Å². The summed E-state index contributed by atoms with van der Waals surface area (Å²) in [5.74, 6) is 1.23. The Balaban J connectivity index is 1.95. The van der Waals surface area contributed by atoms with Crippen molar-refractivity contribution in [2.24, 2.45) is 0 Å². The SMILES string of the molecule is CCCOc1ccnc(NCc2sccc2C)n1. The summed E-state index contributed by atoms with van der Waals surface area (Å²) in [6.45, 7) is 5.61. The van der Waals surface area contributed by atoms with Crippen molar-refractivity contribution in [3.05, 3.63) is 34.2 Å². The van der Waals surface area contributed by atoms with Crippen molar-refractivity contribution >= 4 is 17.3 Å². The molecule has 0 spiro atoms. The maximum atomic E-state index is 5.47. The summed E-state index contributed by atoms with van der Waals surface area (Å²) < 4.78 is 5.47. The number of hydrogen-bond donors (Lipinski definition) is 1. The van der Waals surface area contributed by atoms with Gasteiger partial charge in [-0.2, -0.15) is 4.98 Å². The van der Waals surface area contributed by atoms with Crippen LogP contribution in [0.15, 0.2) is 23.7 Å². The van der Waals surface area contributed by atoms with Gasteiger partial charge in [0, 0.05) is 17.1 Å². The maximum Gasteiger partial charge on any atom is 0.226 e. The Morgan fingerprint density at radius 2 is 2.28 bits per heavy atom. The zero-order valence-electron chi connectivity index (χ0n) is 10.6. The molecule has 96 valence electrons. The largest absolute Gasteiger partial charge is 0.478 e. The van der Waals surface area contributed by atoms with Gasteiger partial charge < -0.3 is 10.1 Å². The quantitative estimate of drug-likeness (QED) is 0.869. The van der Waals surface area contributed by atoms with Crippen molar-refractivity contribution in [2.75, 3.05) is 11.9 Å². The lowest BCUT2D eigenvalue weighted by Crippen LogP contribution is -2.05. The molecule has 4 nitrogen and oxygen atoms in total. The highest BCUT2D eigenvalue weighted by molar-refractivity contribution is 7.10. The van der Waals surface area contributed by atoms with E-state index in [0.29, 0.717) is 18.4 Å². The monoisotopic (exact) mass is 263 g/mol. The molecule has 2 aromatic heterocycles. The Bertz CT molecular complexity index is 498. The molecule has 0 atom stereocenters. The lowest BCUT2D eigenvalue weighted by Gasteiger charge is -2.06. The zero-order valence-corrected chi connectivity index (χ0v) is 11.5. The van der Waals surface area contributed by atoms with Crippen LogP contribution in [0.1, 0.15) is 23.8 Å². The minimum atomic E-state index is 0.608. The second kappa shape index (κ2) is 6.35. The number of aryl methyl sites for hydroxylation is 1. The Hall–Kier alpha value is -1.62. The van der Waals surface area contributed by atoms with Gasteiger partial charge >= 0.3 is 0 Å². The van der Waals surface area contributed by atoms with E-state index < -0.39 is 0 Å². The van der Waals surface area contributed by atoms with Crippen molar-refractivity contribution in [2.45, 2.75) is 26.8 Å². The van der Waals surface area contributed by atoms with E-state index in [1.165, 1.54) is 10.4 Å². The van der Waals surface area contributed by atoms with E-state index in [1.807, 2.05) is 0 Å². The molecule has 0 aromatic carbocycles. The Labute approximate surface area is 111 Å². The number of nitrogens with zero attached hydrogens (tertiary/aromatic N) is 2. The van der Waals surface area contributed by atoms with Gasteiger partial charge in [-0.15, -0.1) is 11.3 Å². The minimum Gasteiger partial charge on any atom is -0.478 e. The summed E-state index contributed by atoms with van der Waals surface area (Å²) in [4.78, 5) is 9.78. The van der Waals surface area contributed by atoms with Crippen molar-refractivity contribution in [3.8, 4) is 5.88 Å². The van der Waals surface area contributed by atoms with E-state index >= 15 is 0 Å². The Morgan fingerprint density at radius 3 is 3.00 bits per heavy atom. The van der Waals surface area contributed by atoms with Gasteiger partial charge in [0.05, 0.1) is 13.2 Å². The van der Waals surface area contributed by atoms with Crippen LogP contribution in [0.2, 0.25) is 0 Å². The highest BCUT2D eigenvalue weighted by Gasteiger charge is 2.02. The van der Waals surface area contributed by atoms with Gasteiger partial charge in [0.25, 0.3) is 0 Å². The molecule has 0 saturated heterocycles. The second-order valence-electron chi connectivity index (χ2n) is 3.95. The fraction of sp³-hybridized carbons (Fsp3) is 0.385. The average molecular weight is 263 g/mol. The molecule has 2 heterocycles. The van der Waals surface area contributed by atoms with Crippen LogP contribution in [0.3, 0.4) is 0 Å². The highest BCUT2D eigenvalue weighted by Crippen LogP contribution is 2.17. The molecule has 18 heavy (non-hydrogen) atoms. The van der Waals surface area contributed by atoms with Gasteiger partial charge in [-0.05, 0) is 30.4 Å². The van der Waals surface area contributed by atoms with Gasteiger partial charge in [-0.1, -0.05) is 6.92 Å². The van der Waals surface area contributed by atoms with Crippen molar-refractivity contribution in [1.29, 1.82) is 0 Å². The van der Waals surface area contributed by atoms with Gasteiger partial charge in [0.15, 0.2) is 0 Å². The molecule has 5 heteroatoms. The number of aromatic nitrogens is 2. The summed E-state index contributed by atoms with van der Waals surface area (Å²) >= 11 is 1.74. The van der Waals surface area contributed by atoms with Crippen LogP contribution in [0, 0.1) is 6.92 Å². The topological polar surface area (TPSA) is 47.0 Å². The number of nitrogens with one attached hydrogen (secondary N) is 1. The van der Waals surface area contributed by atoms with Crippen molar-refractivity contribution < 1.29 is 4.74 Å². The number of anilines is 1.